The van der Waals surface area contributed by atoms with E-state index in [1.54, 1.807) is 6.07 Å². The zero-order valence-corrected chi connectivity index (χ0v) is 17.6. The predicted molar refractivity (Wildman–Crippen MR) is 117 cm³/mol. The normalized spacial score (nSPS) is 16.7. The Morgan fingerprint density at radius 2 is 1.89 bits per heavy atom. The largest absolute Gasteiger partial charge is 0.399 e. The first-order valence-electron chi connectivity index (χ1n) is 8.94. The van der Waals surface area contributed by atoms with Crippen LogP contribution in [0.4, 0.5) is 5.69 Å². The van der Waals surface area contributed by atoms with Gasteiger partial charge in [0.2, 0.25) is 0 Å². The molecule has 3 rings (SSSR count). The lowest BCUT2D eigenvalue weighted by Crippen LogP contribution is -2.48. The number of nitrogens with two attached hydrogens (primary N) is 1. The minimum Gasteiger partial charge on any atom is -0.399 e. The van der Waals surface area contributed by atoms with Gasteiger partial charge in [-0.2, -0.15) is 0 Å². The number of benzene rings is 2. The monoisotopic (exact) mass is 409 g/mol. The van der Waals surface area contributed by atoms with Crippen LogP contribution in [0.15, 0.2) is 48.5 Å². The van der Waals surface area contributed by atoms with Crippen molar-refractivity contribution >= 4 is 36.4 Å². The number of piperidine rings is 1. The Kier molecular flexibility index (Phi) is 9.10. The van der Waals surface area contributed by atoms with Gasteiger partial charge in [0.05, 0.1) is 0 Å². The maximum Gasteiger partial charge on any atom is 0.254 e. The van der Waals surface area contributed by atoms with Crippen LogP contribution in [-0.2, 0) is 6.54 Å². The summed E-state index contributed by atoms with van der Waals surface area (Å²) in [6.07, 6.45) is 2.17. The molecule has 2 aromatic carbocycles. The number of likely N-dealkylation sites (N-methyl/N-ethyl adjacent to an activating group) is 1. The number of carbonyl (C=O) groups is 1. The highest BCUT2D eigenvalue weighted by molar-refractivity contribution is 5.96. The summed E-state index contributed by atoms with van der Waals surface area (Å²) in [7, 11) is 1.92. The van der Waals surface area contributed by atoms with Crippen molar-refractivity contribution in [1.29, 1.82) is 0 Å². The van der Waals surface area contributed by atoms with E-state index in [-0.39, 0.29) is 36.8 Å². The minimum atomic E-state index is 0. The maximum absolute atomic E-state index is 12.9. The first-order chi connectivity index (χ1) is 12.0. The fourth-order valence-corrected chi connectivity index (χ4v) is 3.56. The van der Waals surface area contributed by atoms with Crippen molar-refractivity contribution in [3.63, 3.8) is 0 Å². The summed E-state index contributed by atoms with van der Waals surface area (Å²) in [4.78, 5) is 17.3. The summed E-state index contributed by atoms with van der Waals surface area (Å²) in [5, 5.41) is 0. The van der Waals surface area contributed by atoms with Gasteiger partial charge >= 0.3 is 0 Å². The molecule has 6 heteroatoms. The smallest absolute Gasteiger partial charge is 0.254 e. The number of aryl methyl sites for hydroxylation is 1. The molecule has 0 aromatic heterocycles. The molecule has 1 aliphatic rings. The molecule has 1 heterocycles. The van der Waals surface area contributed by atoms with Gasteiger partial charge in [0.15, 0.2) is 0 Å². The van der Waals surface area contributed by atoms with Crippen LogP contribution in [0.3, 0.4) is 0 Å². The zero-order chi connectivity index (χ0) is 17.8. The fourth-order valence-electron chi connectivity index (χ4n) is 3.56. The van der Waals surface area contributed by atoms with Crippen molar-refractivity contribution < 1.29 is 4.79 Å². The summed E-state index contributed by atoms with van der Waals surface area (Å²) in [6.45, 7) is 4.91. The van der Waals surface area contributed by atoms with Gasteiger partial charge in [-0.1, -0.05) is 36.4 Å². The van der Waals surface area contributed by atoms with Gasteiger partial charge < -0.3 is 10.6 Å². The molecule has 0 radical (unpaired) electrons. The third-order valence-electron chi connectivity index (χ3n) is 5.09. The van der Waals surface area contributed by atoms with E-state index in [0.717, 1.165) is 38.0 Å². The molecule has 1 atom stereocenters. The molecule has 0 aliphatic carbocycles. The molecule has 1 fully saturated rings. The topological polar surface area (TPSA) is 49.6 Å². The molecular weight excluding hydrogens is 381 g/mol. The summed E-state index contributed by atoms with van der Waals surface area (Å²) >= 11 is 0. The Labute approximate surface area is 174 Å². The number of anilines is 1. The van der Waals surface area contributed by atoms with Gasteiger partial charge in [-0.25, -0.2) is 0 Å². The standard InChI is InChI=1S/C21H27N3O.2ClH/c1-16-10-11-18(22)13-20(16)21(25)23(2)19-9-6-12-24(15-19)14-17-7-4-3-5-8-17;;/h3-5,7-8,10-11,13,19H,6,9,12,14-15,22H2,1-2H3;2*1H. The van der Waals surface area contributed by atoms with E-state index in [4.69, 9.17) is 5.73 Å². The van der Waals surface area contributed by atoms with Crippen molar-refractivity contribution in [2.24, 2.45) is 0 Å². The predicted octanol–water partition coefficient (Wildman–Crippen LogP) is 4.16. The van der Waals surface area contributed by atoms with Crippen LogP contribution in [0.2, 0.25) is 0 Å². The third-order valence-corrected chi connectivity index (χ3v) is 5.09. The molecule has 4 nitrogen and oxygen atoms in total. The second-order valence-electron chi connectivity index (χ2n) is 7.01. The van der Waals surface area contributed by atoms with Crippen molar-refractivity contribution in [2.45, 2.75) is 32.4 Å². The molecular formula is C21H29Cl2N3O. The molecule has 2 N–H and O–H groups in total. The highest BCUT2D eigenvalue weighted by Crippen LogP contribution is 2.21. The zero-order valence-electron chi connectivity index (χ0n) is 15.9. The van der Waals surface area contributed by atoms with Crippen molar-refractivity contribution in [1.82, 2.24) is 9.80 Å². The molecule has 0 saturated carbocycles. The Hall–Kier alpha value is -1.75. The first-order valence-corrected chi connectivity index (χ1v) is 8.94. The van der Waals surface area contributed by atoms with Crippen LogP contribution in [0.25, 0.3) is 0 Å². The molecule has 1 unspecified atom stereocenters. The average Bonchev–Trinajstić information content (AvgIpc) is 2.63. The molecule has 1 aliphatic heterocycles. The van der Waals surface area contributed by atoms with Crippen LogP contribution in [0, 0.1) is 6.92 Å². The summed E-state index contributed by atoms with van der Waals surface area (Å²) < 4.78 is 0. The van der Waals surface area contributed by atoms with Crippen LogP contribution < -0.4 is 5.73 Å². The van der Waals surface area contributed by atoms with Crippen LogP contribution in [-0.4, -0.2) is 41.9 Å². The van der Waals surface area contributed by atoms with Gasteiger partial charge in [0.1, 0.15) is 0 Å². The third kappa shape index (κ3) is 5.86. The van der Waals surface area contributed by atoms with E-state index in [9.17, 15) is 4.79 Å². The Morgan fingerprint density at radius 1 is 1.19 bits per heavy atom. The highest BCUT2D eigenvalue weighted by Gasteiger charge is 2.27. The molecule has 1 amide bonds. The van der Waals surface area contributed by atoms with Crippen molar-refractivity contribution in [2.75, 3.05) is 25.9 Å². The van der Waals surface area contributed by atoms with Crippen LogP contribution in [0.5, 0.6) is 0 Å². The van der Waals surface area contributed by atoms with E-state index >= 15 is 0 Å². The quantitative estimate of drug-likeness (QED) is 0.771. The molecule has 148 valence electrons. The Balaban J connectivity index is 0.00000182. The molecule has 0 spiro atoms. The Morgan fingerprint density at radius 3 is 2.59 bits per heavy atom. The van der Waals surface area contributed by atoms with Crippen molar-refractivity contribution in [3.8, 4) is 0 Å². The van der Waals surface area contributed by atoms with Crippen LogP contribution >= 0.6 is 24.8 Å². The lowest BCUT2D eigenvalue weighted by Gasteiger charge is -2.38. The van der Waals surface area contributed by atoms with E-state index < -0.39 is 0 Å². The summed E-state index contributed by atoms with van der Waals surface area (Å²) in [6, 6.07) is 16.3. The second kappa shape index (κ2) is 10.5. The number of hydrogen-bond acceptors (Lipinski definition) is 3. The summed E-state index contributed by atoms with van der Waals surface area (Å²) in [5.41, 5.74) is 9.52. The van der Waals surface area contributed by atoms with E-state index in [1.165, 1.54) is 5.56 Å². The second-order valence-corrected chi connectivity index (χ2v) is 7.01. The number of amides is 1. The van der Waals surface area contributed by atoms with E-state index in [1.807, 2.05) is 37.1 Å². The minimum absolute atomic E-state index is 0. The number of carbonyl (C=O) groups excluding carboxylic acids is 1. The fraction of sp³-hybridized carbons (Fsp3) is 0.381. The van der Waals surface area contributed by atoms with Gasteiger partial charge in [-0.3, -0.25) is 9.69 Å². The Bertz CT molecular complexity index is 739. The number of rotatable bonds is 4. The molecule has 27 heavy (non-hydrogen) atoms. The summed E-state index contributed by atoms with van der Waals surface area (Å²) in [5.74, 6) is 0.0661. The lowest BCUT2D eigenvalue weighted by atomic mass is 10.0. The van der Waals surface area contributed by atoms with Crippen LogP contribution in [0.1, 0.15) is 34.3 Å². The lowest BCUT2D eigenvalue weighted by molar-refractivity contribution is 0.0608. The van der Waals surface area contributed by atoms with Crippen molar-refractivity contribution in [3.05, 3.63) is 65.2 Å². The molecule has 1 saturated heterocycles. The number of nitrogens with zero attached hydrogens (tertiary/aromatic N) is 2. The number of likely N-dealkylation sites (tertiary alicyclic amines) is 1. The average molecular weight is 410 g/mol. The van der Waals surface area contributed by atoms with Gasteiger partial charge in [-0.15, -0.1) is 24.8 Å². The number of nitrogen functional groups attached to an aromatic ring is 1. The van der Waals surface area contributed by atoms with E-state index in [2.05, 4.69) is 29.2 Å². The molecule has 2 aromatic rings. The number of hydrogen-bond donors (Lipinski definition) is 1. The van der Waals surface area contributed by atoms with Gasteiger partial charge in [-0.05, 0) is 49.6 Å². The van der Waals surface area contributed by atoms with Gasteiger partial charge in [0.25, 0.3) is 5.91 Å². The first kappa shape index (κ1) is 23.3. The molecule has 0 bridgehead atoms. The maximum atomic E-state index is 12.9. The number of halogens is 2. The highest BCUT2D eigenvalue weighted by atomic mass is 35.5. The SMILES string of the molecule is Cc1ccc(N)cc1C(=O)N(C)C1CCCN(Cc2ccccc2)C1.Cl.Cl. The van der Waals surface area contributed by atoms with E-state index in [0.29, 0.717) is 11.3 Å². The van der Waals surface area contributed by atoms with Gasteiger partial charge in [0, 0.05) is 37.4 Å².